The molecule has 2 aromatic rings. The van der Waals surface area contributed by atoms with E-state index in [1.54, 1.807) is 0 Å². The number of hydrogen-bond acceptors (Lipinski definition) is 2. The Kier molecular flexibility index (Phi) is 5.98. The summed E-state index contributed by atoms with van der Waals surface area (Å²) in [7, 11) is 0. The van der Waals surface area contributed by atoms with Gasteiger partial charge in [-0.15, -0.1) is 0 Å². The molecule has 1 N–H and O–H groups in total. The first kappa shape index (κ1) is 16.7. The Morgan fingerprint density at radius 3 is 2.33 bits per heavy atom. The summed E-state index contributed by atoms with van der Waals surface area (Å²) in [5, 5.41) is 3.66. The summed E-state index contributed by atoms with van der Waals surface area (Å²) in [6.45, 7) is -0.177. The quantitative estimate of drug-likeness (QED) is 0.503. The van der Waals surface area contributed by atoms with E-state index in [1.165, 1.54) is 12.1 Å². The SMILES string of the molecule is O=C(COc1cc(Cl)c(Cl)cc1Cl)Nc1ccc(I)cc1. The molecule has 0 bridgehead atoms. The third kappa shape index (κ3) is 4.92. The van der Waals surface area contributed by atoms with Crippen molar-refractivity contribution in [3.8, 4) is 5.75 Å². The standard InChI is InChI=1S/C14H9Cl3INO2/c15-10-5-12(17)13(6-11(10)16)21-7-14(20)19-9-3-1-8(18)2-4-9/h1-6H,7H2,(H,19,20). The van der Waals surface area contributed by atoms with Gasteiger partial charge >= 0.3 is 0 Å². The average molecular weight is 456 g/mol. The minimum Gasteiger partial charge on any atom is -0.482 e. The molecule has 0 aromatic heterocycles. The zero-order chi connectivity index (χ0) is 15.4. The van der Waals surface area contributed by atoms with E-state index in [9.17, 15) is 4.79 Å². The molecule has 21 heavy (non-hydrogen) atoms. The van der Waals surface area contributed by atoms with E-state index in [1.807, 2.05) is 24.3 Å². The lowest BCUT2D eigenvalue weighted by Crippen LogP contribution is -2.20. The van der Waals surface area contributed by atoms with Crippen molar-refractivity contribution in [1.82, 2.24) is 0 Å². The number of rotatable bonds is 4. The van der Waals surface area contributed by atoms with E-state index in [2.05, 4.69) is 27.9 Å². The van der Waals surface area contributed by atoms with E-state index in [4.69, 9.17) is 39.5 Å². The fourth-order valence-electron chi connectivity index (χ4n) is 1.49. The molecule has 3 nitrogen and oxygen atoms in total. The van der Waals surface area contributed by atoms with Crippen molar-refractivity contribution < 1.29 is 9.53 Å². The van der Waals surface area contributed by atoms with Gasteiger partial charge in [-0.1, -0.05) is 34.8 Å². The first-order valence-corrected chi connectivity index (χ1v) is 8.00. The minimum absolute atomic E-state index is 0.177. The Morgan fingerprint density at radius 1 is 1.05 bits per heavy atom. The van der Waals surface area contributed by atoms with Crippen LogP contribution in [-0.2, 0) is 4.79 Å². The predicted molar refractivity (Wildman–Crippen MR) is 94.8 cm³/mol. The molecule has 0 radical (unpaired) electrons. The van der Waals surface area contributed by atoms with Gasteiger partial charge in [-0.25, -0.2) is 0 Å². The van der Waals surface area contributed by atoms with Crippen LogP contribution in [0.1, 0.15) is 0 Å². The zero-order valence-corrected chi connectivity index (χ0v) is 14.9. The van der Waals surface area contributed by atoms with E-state index in [0.29, 0.717) is 26.5 Å². The molecule has 0 aliphatic heterocycles. The Bertz CT molecular complexity index is 662. The fraction of sp³-hybridized carbons (Fsp3) is 0.0714. The second-order valence-corrected chi connectivity index (χ2v) is 6.51. The van der Waals surface area contributed by atoms with Gasteiger partial charge in [0, 0.05) is 15.3 Å². The van der Waals surface area contributed by atoms with Crippen LogP contribution in [0.2, 0.25) is 15.1 Å². The molecule has 0 spiro atoms. The predicted octanol–water partition coefficient (Wildman–Crippen LogP) is 5.27. The van der Waals surface area contributed by atoms with Crippen molar-refractivity contribution in [3.63, 3.8) is 0 Å². The van der Waals surface area contributed by atoms with Crippen LogP contribution in [0.25, 0.3) is 0 Å². The maximum Gasteiger partial charge on any atom is 0.262 e. The van der Waals surface area contributed by atoms with E-state index in [0.717, 1.165) is 3.57 Å². The third-order valence-corrected chi connectivity index (χ3v) is 4.20. The monoisotopic (exact) mass is 455 g/mol. The molecule has 0 aliphatic carbocycles. The van der Waals surface area contributed by atoms with E-state index < -0.39 is 0 Å². The maximum absolute atomic E-state index is 11.8. The highest BCUT2D eigenvalue weighted by atomic mass is 127. The zero-order valence-electron chi connectivity index (χ0n) is 10.5. The highest BCUT2D eigenvalue weighted by molar-refractivity contribution is 14.1. The maximum atomic E-state index is 11.8. The van der Waals surface area contributed by atoms with Crippen LogP contribution in [0.3, 0.4) is 0 Å². The number of carbonyl (C=O) groups excluding carboxylic acids is 1. The van der Waals surface area contributed by atoms with Gasteiger partial charge in [-0.2, -0.15) is 0 Å². The molecular weight excluding hydrogens is 447 g/mol. The van der Waals surface area contributed by atoms with Gasteiger partial charge in [0.25, 0.3) is 5.91 Å². The molecule has 0 fully saturated rings. The number of nitrogens with one attached hydrogen (secondary N) is 1. The van der Waals surface area contributed by atoms with Crippen LogP contribution < -0.4 is 10.1 Å². The van der Waals surface area contributed by atoms with Crippen LogP contribution in [-0.4, -0.2) is 12.5 Å². The average Bonchev–Trinajstić information content (AvgIpc) is 2.44. The van der Waals surface area contributed by atoms with Gasteiger partial charge in [0.2, 0.25) is 0 Å². The molecule has 0 aliphatic rings. The van der Waals surface area contributed by atoms with Crippen molar-refractivity contribution in [3.05, 3.63) is 55.0 Å². The molecular formula is C14H9Cl3INO2. The minimum atomic E-state index is -0.293. The van der Waals surface area contributed by atoms with Gasteiger partial charge in [-0.3, -0.25) is 4.79 Å². The molecule has 1 amide bonds. The molecule has 7 heteroatoms. The lowest BCUT2D eigenvalue weighted by molar-refractivity contribution is -0.118. The summed E-state index contributed by atoms with van der Waals surface area (Å²) in [5.41, 5.74) is 0.698. The second-order valence-electron chi connectivity index (χ2n) is 4.04. The van der Waals surface area contributed by atoms with Crippen molar-refractivity contribution in [2.75, 3.05) is 11.9 Å². The Hall–Kier alpha value is -0.690. The first-order valence-electron chi connectivity index (χ1n) is 5.78. The van der Waals surface area contributed by atoms with Crippen LogP contribution in [0.5, 0.6) is 5.75 Å². The summed E-state index contributed by atoms with van der Waals surface area (Å²) >= 11 is 19.8. The number of carbonyl (C=O) groups is 1. The molecule has 0 unspecified atom stereocenters. The van der Waals surface area contributed by atoms with Gasteiger partial charge in [-0.05, 0) is 52.9 Å². The summed E-state index contributed by atoms with van der Waals surface area (Å²) in [4.78, 5) is 11.8. The molecule has 2 rings (SSSR count). The lowest BCUT2D eigenvalue weighted by Gasteiger charge is -2.10. The fourth-order valence-corrected chi connectivity index (χ4v) is 2.44. The molecule has 0 heterocycles. The van der Waals surface area contributed by atoms with Crippen LogP contribution >= 0.6 is 57.4 Å². The van der Waals surface area contributed by atoms with Crippen molar-refractivity contribution in [1.29, 1.82) is 0 Å². The van der Waals surface area contributed by atoms with Gasteiger partial charge in [0.05, 0.1) is 15.1 Å². The first-order chi connectivity index (χ1) is 9.95. The van der Waals surface area contributed by atoms with E-state index in [-0.39, 0.29) is 12.5 Å². The molecule has 110 valence electrons. The number of anilines is 1. The number of hydrogen-bond donors (Lipinski definition) is 1. The Balaban J connectivity index is 1.95. The summed E-state index contributed by atoms with van der Waals surface area (Å²) in [5.74, 6) is 0.0159. The number of benzene rings is 2. The Morgan fingerprint density at radius 2 is 1.67 bits per heavy atom. The lowest BCUT2D eigenvalue weighted by atomic mass is 10.3. The van der Waals surface area contributed by atoms with Crippen LogP contribution in [0, 0.1) is 3.57 Å². The topological polar surface area (TPSA) is 38.3 Å². The molecule has 0 saturated carbocycles. The summed E-state index contributed by atoms with van der Waals surface area (Å²) in [6, 6.07) is 10.4. The number of halogens is 4. The molecule has 0 atom stereocenters. The number of ether oxygens (including phenoxy) is 1. The number of amides is 1. The van der Waals surface area contributed by atoms with Gasteiger partial charge < -0.3 is 10.1 Å². The molecule has 0 saturated heterocycles. The summed E-state index contributed by atoms with van der Waals surface area (Å²) < 4.78 is 6.43. The normalized spacial score (nSPS) is 10.3. The van der Waals surface area contributed by atoms with Crippen molar-refractivity contribution in [2.24, 2.45) is 0 Å². The Labute approximate surface area is 150 Å². The van der Waals surface area contributed by atoms with E-state index >= 15 is 0 Å². The second kappa shape index (κ2) is 7.54. The van der Waals surface area contributed by atoms with Gasteiger partial charge in [0.1, 0.15) is 5.75 Å². The van der Waals surface area contributed by atoms with Crippen LogP contribution in [0.15, 0.2) is 36.4 Å². The smallest absolute Gasteiger partial charge is 0.262 e. The van der Waals surface area contributed by atoms with Crippen LogP contribution in [0.4, 0.5) is 5.69 Å². The van der Waals surface area contributed by atoms with Crippen molar-refractivity contribution >= 4 is 69.0 Å². The molecule has 2 aromatic carbocycles. The van der Waals surface area contributed by atoms with Crippen molar-refractivity contribution in [2.45, 2.75) is 0 Å². The largest absolute Gasteiger partial charge is 0.482 e. The van der Waals surface area contributed by atoms with Gasteiger partial charge in [0.15, 0.2) is 6.61 Å². The highest BCUT2D eigenvalue weighted by Gasteiger charge is 2.09. The highest BCUT2D eigenvalue weighted by Crippen LogP contribution is 2.33. The third-order valence-electron chi connectivity index (χ3n) is 2.46. The summed E-state index contributed by atoms with van der Waals surface area (Å²) in [6.07, 6.45) is 0.